The molecule has 7 heteroatoms. The van der Waals surface area contributed by atoms with E-state index >= 15 is 0 Å². The lowest BCUT2D eigenvalue weighted by atomic mass is 9.84. The molecular weight excluding hydrogens is 412 g/mol. The third kappa shape index (κ3) is 5.21. The van der Waals surface area contributed by atoms with Crippen LogP contribution in [0.3, 0.4) is 0 Å². The SMILES string of the molecule is CC(=O)N1CCN(c2ccc(OS(=O)(=O)c3ccc(C4CCCCC4)cc3)cc2)CC1. The number of hydrogen-bond donors (Lipinski definition) is 0. The van der Waals surface area contributed by atoms with Crippen molar-refractivity contribution >= 4 is 21.7 Å². The van der Waals surface area contributed by atoms with Crippen LogP contribution >= 0.6 is 0 Å². The second kappa shape index (κ2) is 9.30. The van der Waals surface area contributed by atoms with Crippen LogP contribution in [0.5, 0.6) is 5.75 Å². The third-order valence-electron chi connectivity index (χ3n) is 6.38. The number of hydrogen-bond acceptors (Lipinski definition) is 5. The molecule has 0 unspecified atom stereocenters. The molecule has 166 valence electrons. The lowest BCUT2D eigenvalue weighted by molar-refractivity contribution is -0.129. The molecule has 0 atom stereocenters. The Morgan fingerprint density at radius 3 is 2.06 bits per heavy atom. The van der Waals surface area contributed by atoms with Crippen LogP contribution in [0.2, 0.25) is 0 Å². The minimum Gasteiger partial charge on any atom is -0.379 e. The molecule has 0 radical (unpaired) electrons. The van der Waals surface area contributed by atoms with Gasteiger partial charge in [-0.3, -0.25) is 4.79 Å². The minimum atomic E-state index is -3.87. The number of benzene rings is 2. The van der Waals surface area contributed by atoms with Gasteiger partial charge in [0.1, 0.15) is 10.6 Å². The van der Waals surface area contributed by atoms with Crippen LogP contribution in [0.25, 0.3) is 0 Å². The van der Waals surface area contributed by atoms with Gasteiger partial charge < -0.3 is 14.0 Å². The summed E-state index contributed by atoms with van der Waals surface area (Å²) in [6, 6.07) is 14.2. The smallest absolute Gasteiger partial charge is 0.339 e. The average Bonchev–Trinajstić information content (AvgIpc) is 2.80. The summed E-state index contributed by atoms with van der Waals surface area (Å²) in [5.74, 6) is 0.930. The van der Waals surface area contributed by atoms with Crippen LogP contribution in [-0.2, 0) is 14.9 Å². The molecule has 4 rings (SSSR count). The summed E-state index contributed by atoms with van der Waals surface area (Å²) in [5.41, 5.74) is 2.21. The fourth-order valence-electron chi connectivity index (χ4n) is 4.51. The van der Waals surface area contributed by atoms with Crippen molar-refractivity contribution in [2.45, 2.75) is 49.8 Å². The van der Waals surface area contributed by atoms with Crippen LogP contribution in [0, 0.1) is 0 Å². The van der Waals surface area contributed by atoms with Crippen LogP contribution in [-0.4, -0.2) is 45.4 Å². The highest BCUT2D eigenvalue weighted by atomic mass is 32.2. The summed E-state index contributed by atoms with van der Waals surface area (Å²) in [5, 5.41) is 0. The number of amides is 1. The Balaban J connectivity index is 1.38. The molecule has 0 N–H and O–H groups in total. The normalized spacial score (nSPS) is 18.1. The largest absolute Gasteiger partial charge is 0.379 e. The van der Waals surface area contributed by atoms with Crippen LogP contribution in [0.4, 0.5) is 5.69 Å². The van der Waals surface area contributed by atoms with Crippen molar-refractivity contribution in [2.24, 2.45) is 0 Å². The summed E-state index contributed by atoms with van der Waals surface area (Å²) in [4.78, 5) is 15.7. The van der Waals surface area contributed by atoms with Crippen molar-refractivity contribution in [3.63, 3.8) is 0 Å². The average molecular weight is 443 g/mol. The van der Waals surface area contributed by atoms with Gasteiger partial charge in [-0.1, -0.05) is 31.4 Å². The van der Waals surface area contributed by atoms with E-state index in [1.165, 1.54) is 37.7 Å². The van der Waals surface area contributed by atoms with Crippen molar-refractivity contribution in [1.82, 2.24) is 4.90 Å². The van der Waals surface area contributed by atoms with Gasteiger partial charge in [-0.2, -0.15) is 8.42 Å². The Labute approximate surface area is 184 Å². The first-order valence-corrected chi connectivity index (χ1v) is 12.5. The lowest BCUT2D eigenvalue weighted by Gasteiger charge is -2.35. The molecule has 2 fully saturated rings. The minimum absolute atomic E-state index is 0.0976. The Morgan fingerprint density at radius 2 is 1.48 bits per heavy atom. The molecule has 1 saturated carbocycles. The second-order valence-electron chi connectivity index (χ2n) is 8.43. The molecule has 2 aromatic rings. The van der Waals surface area contributed by atoms with E-state index in [-0.39, 0.29) is 10.8 Å². The van der Waals surface area contributed by atoms with Crippen LogP contribution < -0.4 is 9.08 Å². The fraction of sp³-hybridized carbons (Fsp3) is 0.458. The first-order valence-electron chi connectivity index (χ1n) is 11.1. The van der Waals surface area contributed by atoms with Crippen molar-refractivity contribution in [3.05, 3.63) is 54.1 Å². The quantitative estimate of drug-likeness (QED) is 0.650. The number of carbonyl (C=O) groups excluding carboxylic acids is 1. The summed E-state index contributed by atoms with van der Waals surface area (Å²) < 4.78 is 30.8. The molecule has 0 spiro atoms. The summed E-state index contributed by atoms with van der Waals surface area (Å²) in [6.45, 7) is 4.49. The Bertz CT molecular complexity index is 989. The molecule has 1 saturated heterocycles. The molecule has 2 aliphatic rings. The first kappa shape index (κ1) is 21.7. The monoisotopic (exact) mass is 442 g/mol. The number of rotatable bonds is 5. The van der Waals surface area contributed by atoms with Gasteiger partial charge in [0.15, 0.2) is 0 Å². The lowest BCUT2D eigenvalue weighted by Crippen LogP contribution is -2.48. The highest BCUT2D eigenvalue weighted by Gasteiger charge is 2.21. The zero-order valence-corrected chi connectivity index (χ0v) is 18.8. The van der Waals surface area contributed by atoms with E-state index in [4.69, 9.17) is 4.18 Å². The second-order valence-corrected chi connectivity index (χ2v) is 9.97. The molecule has 1 heterocycles. The van der Waals surface area contributed by atoms with E-state index in [1.807, 2.05) is 29.2 Å². The van der Waals surface area contributed by atoms with Crippen molar-refractivity contribution in [3.8, 4) is 5.75 Å². The zero-order valence-electron chi connectivity index (χ0n) is 18.0. The number of carbonyl (C=O) groups is 1. The molecular formula is C24H30N2O4S. The van der Waals surface area contributed by atoms with E-state index in [1.54, 1.807) is 31.2 Å². The zero-order chi connectivity index (χ0) is 21.8. The van der Waals surface area contributed by atoms with Gasteiger partial charge in [0.2, 0.25) is 5.91 Å². The Kier molecular flexibility index (Phi) is 6.51. The summed E-state index contributed by atoms with van der Waals surface area (Å²) in [7, 11) is -3.87. The highest BCUT2D eigenvalue weighted by molar-refractivity contribution is 7.87. The predicted octanol–water partition coefficient (Wildman–Crippen LogP) is 4.17. The highest BCUT2D eigenvalue weighted by Crippen LogP contribution is 2.33. The van der Waals surface area contributed by atoms with E-state index < -0.39 is 10.1 Å². The van der Waals surface area contributed by atoms with Gasteiger partial charge in [-0.15, -0.1) is 0 Å². The van der Waals surface area contributed by atoms with Gasteiger partial charge in [0, 0.05) is 38.8 Å². The molecule has 2 aromatic carbocycles. The van der Waals surface area contributed by atoms with E-state index in [0.29, 0.717) is 24.8 Å². The molecule has 1 amide bonds. The van der Waals surface area contributed by atoms with E-state index in [9.17, 15) is 13.2 Å². The molecule has 1 aliphatic heterocycles. The Hall–Kier alpha value is -2.54. The first-order chi connectivity index (χ1) is 14.9. The van der Waals surface area contributed by atoms with Gasteiger partial charge in [0.25, 0.3) is 0 Å². The third-order valence-corrected chi connectivity index (χ3v) is 7.64. The van der Waals surface area contributed by atoms with Gasteiger partial charge in [-0.05, 0) is 60.7 Å². The predicted molar refractivity (Wildman–Crippen MR) is 121 cm³/mol. The molecule has 0 aromatic heterocycles. The topological polar surface area (TPSA) is 66.9 Å². The standard InChI is InChI=1S/C24H30N2O4S/c1-19(27)25-15-17-26(18-16-25)22-9-11-23(12-10-22)30-31(28,29)24-13-7-21(8-14-24)20-5-3-2-4-6-20/h7-14,20H,2-6,15-18H2,1H3. The molecule has 1 aliphatic carbocycles. The molecule has 31 heavy (non-hydrogen) atoms. The number of anilines is 1. The van der Waals surface area contributed by atoms with Crippen LogP contribution in [0.15, 0.2) is 53.4 Å². The van der Waals surface area contributed by atoms with Gasteiger partial charge in [0.05, 0.1) is 0 Å². The summed E-state index contributed by atoms with van der Waals surface area (Å²) in [6.07, 6.45) is 6.15. The number of piperazine rings is 1. The van der Waals surface area contributed by atoms with Crippen molar-refractivity contribution in [2.75, 3.05) is 31.1 Å². The fourth-order valence-corrected chi connectivity index (χ4v) is 5.44. The maximum Gasteiger partial charge on any atom is 0.339 e. The molecule has 6 nitrogen and oxygen atoms in total. The maximum absolute atomic E-state index is 12.7. The molecule has 0 bridgehead atoms. The van der Waals surface area contributed by atoms with Crippen molar-refractivity contribution in [1.29, 1.82) is 0 Å². The van der Waals surface area contributed by atoms with Crippen molar-refractivity contribution < 1.29 is 17.4 Å². The number of nitrogens with zero attached hydrogens (tertiary/aromatic N) is 2. The maximum atomic E-state index is 12.7. The van der Waals surface area contributed by atoms with Crippen LogP contribution in [0.1, 0.15) is 50.5 Å². The van der Waals surface area contributed by atoms with E-state index in [0.717, 1.165) is 18.8 Å². The van der Waals surface area contributed by atoms with Gasteiger partial charge >= 0.3 is 10.1 Å². The van der Waals surface area contributed by atoms with E-state index in [2.05, 4.69) is 4.90 Å². The Morgan fingerprint density at radius 1 is 0.871 bits per heavy atom. The van der Waals surface area contributed by atoms with Gasteiger partial charge in [-0.25, -0.2) is 0 Å². The summed E-state index contributed by atoms with van der Waals surface area (Å²) >= 11 is 0.